The van der Waals surface area contributed by atoms with Crippen LogP contribution in [0.2, 0.25) is 0 Å². The van der Waals surface area contributed by atoms with Crippen molar-refractivity contribution in [2.24, 2.45) is 0 Å². The number of phenolic OH excluding ortho intramolecular Hbond substituents is 1. The molecule has 2 aromatic rings. The number of piperazine rings is 1. The van der Waals surface area contributed by atoms with Gasteiger partial charge in [-0.05, 0) is 29.8 Å². The van der Waals surface area contributed by atoms with Crippen molar-refractivity contribution < 1.29 is 19.4 Å². The maximum atomic E-state index is 12.9. The van der Waals surface area contributed by atoms with Crippen LogP contribution in [0.3, 0.4) is 0 Å². The molecular weight excluding hydrogens is 394 g/mol. The summed E-state index contributed by atoms with van der Waals surface area (Å²) < 4.78 is 11.4. The predicted molar refractivity (Wildman–Crippen MR) is 118 cm³/mol. The Morgan fingerprint density at radius 2 is 1.77 bits per heavy atom. The van der Waals surface area contributed by atoms with Gasteiger partial charge in [-0.3, -0.25) is 14.6 Å². The fourth-order valence-corrected chi connectivity index (χ4v) is 4.31. The maximum absolute atomic E-state index is 12.9. The van der Waals surface area contributed by atoms with Crippen molar-refractivity contribution in [3.63, 3.8) is 0 Å². The number of aromatic hydroxyl groups is 1. The molecule has 7 heteroatoms. The lowest BCUT2D eigenvalue weighted by molar-refractivity contribution is -0.0497. The lowest BCUT2D eigenvalue weighted by Gasteiger charge is -2.39. The normalized spacial score (nSPS) is 20.5. The molecule has 0 bridgehead atoms. The second-order valence-corrected chi connectivity index (χ2v) is 8.19. The van der Waals surface area contributed by atoms with Crippen molar-refractivity contribution >= 4 is 5.91 Å². The van der Waals surface area contributed by atoms with Crippen LogP contribution in [0.25, 0.3) is 0 Å². The van der Waals surface area contributed by atoms with Crippen LogP contribution in [0.4, 0.5) is 0 Å². The van der Waals surface area contributed by atoms with Crippen molar-refractivity contribution in [2.75, 3.05) is 59.5 Å². The molecule has 2 aliphatic heterocycles. The van der Waals surface area contributed by atoms with Crippen LogP contribution in [-0.2, 0) is 11.3 Å². The van der Waals surface area contributed by atoms with Crippen LogP contribution < -0.4 is 4.74 Å². The first-order valence-electron chi connectivity index (χ1n) is 10.9. The Balaban J connectivity index is 1.25. The summed E-state index contributed by atoms with van der Waals surface area (Å²) in [6, 6.07) is 14.8. The highest BCUT2D eigenvalue weighted by molar-refractivity contribution is 5.97. The van der Waals surface area contributed by atoms with Gasteiger partial charge in [-0.15, -0.1) is 0 Å². The molecular formula is C24H31N3O4. The molecule has 0 radical (unpaired) electrons. The Morgan fingerprint density at radius 1 is 1.03 bits per heavy atom. The fraction of sp³-hybridized carbons (Fsp3) is 0.458. The summed E-state index contributed by atoms with van der Waals surface area (Å²) in [5.41, 5.74) is 1.82. The molecule has 1 amide bonds. The number of hydrogen-bond acceptors (Lipinski definition) is 6. The van der Waals surface area contributed by atoms with E-state index in [2.05, 4.69) is 9.80 Å². The van der Waals surface area contributed by atoms with E-state index >= 15 is 0 Å². The van der Waals surface area contributed by atoms with E-state index in [1.807, 2.05) is 41.3 Å². The SMILES string of the molecule is COc1ccccc1C(=O)N1CCN(CC2CN(Cc3ccc(O)cc3)CCO2)CC1. The Morgan fingerprint density at radius 3 is 2.52 bits per heavy atom. The van der Waals surface area contributed by atoms with Gasteiger partial charge in [0.1, 0.15) is 11.5 Å². The first-order chi connectivity index (χ1) is 15.1. The molecule has 7 nitrogen and oxygen atoms in total. The summed E-state index contributed by atoms with van der Waals surface area (Å²) in [6.07, 6.45) is 0.169. The maximum Gasteiger partial charge on any atom is 0.257 e. The van der Waals surface area contributed by atoms with Crippen molar-refractivity contribution in [2.45, 2.75) is 12.6 Å². The molecule has 2 aromatic carbocycles. The van der Waals surface area contributed by atoms with Crippen LogP contribution in [0.5, 0.6) is 11.5 Å². The summed E-state index contributed by atoms with van der Waals surface area (Å²) in [5.74, 6) is 0.956. The van der Waals surface area contributed by atoms with Crippen molar-refractivity contribution in [3.8, 4) is 11.5 Å². The number of carbonyl (C=O) groups is 1. The molecule has 0 aliphatic carbocycles. The largest absolute Gasteiger partial charge is 0.508 e. The molecule has 4 rings (SSSR count). The monoisotopic (exact) mass is 425 g/mol. The van der Waals surface area contributed by atoms with E-state index in [1.54, 1.807) is 19.2 Å². The standard InChI is InChI=1S/C24H31N3O4/c1-30-23-5-3-2-4-22(23)24(29)27-12-10-25(11-13-27)17-21-18-26(14-15-31-21)16-19-6-8-20(28)9-7-19/h2-9,21,28H,10-18H2,1H3. The Hall–Kier alpha value is -2.61. The lowest BCUT2D eigenvalue weighted by Crippen LogP contribution is -2.53. The van der Waals surface area contributed by atoms with E-state index in [-0.39, 0.29) is 12.0 Å². The van der Waals surface area contributed by atoms with Crippen LogP contribution in [0, 0.1) is 0 Å². The smallest absolute Gasteiger partial charge is 0.257 e. The van der Waals surface area contributed by atoms with Gasteiger partial charge in [-0.2, -0.15) is 0 Å². The molecule has 166 valence electrons. The zero-order chi connectivity index (χ0) is 21.6. The summed E-state index contributed by atoms with van der Waals surface area (Å²) >= 11 is 0. The number of hydrogen-bond donors (Lipinski definition) is 1. The fourth-order valence-electron chi connectivity index (χ4n) is 4.31. The van der Waals surface area contributed by atoms with Crippen LogP contribution in [0.1, 0.15) is 15.9 Å². The highest BCUT2D eigenvalue weighted by atomic mass is 16.5. The average molecular weight is 426 g/mol. The molecule has 2 aliphatic rings. The number of para-hydroxylation sites is 1. The molecule has 1 unspecified atom stereocenters. The molecule has 0 saturated carbocycles. The molecule has 1 atom stereocenters. The number of benzene rings is 2. The van der Waals surface area contributed by atoms with Gasteiger partial charge in [0.25, 0.3) is 5.91 Å². The summed E-state index contributed by atoms with van der Waals surface area (Å²) in [7, 11) is 1.60. The van der Waals surface area contributed by atoms with Gasteiger partial charge in [0.05, 0.1) is 25.4 Å². The number of phenols is 1. The van der Waals surface area contributed by atoms with Gasteiger partial charge in [-0.25, -0.2) is 0 Å². The number of carbonyl (C=O) groups excluding carboxylic acids is 1. The Kier molecular flexibility index (Phi) is 7.06. The molecule has 1 N–H and O–H groups in total. The minimum absolute atomic E-state index is 0.0334. The third-order valence-electron chi connectivity index (χ3n) is 6.02. The first kappa shape index (κ1) is 21.6. The number of amides is 1. The number of rotatable bonds is 6. The highest BCUT2D eigenvalue weighted by Crippen LogP contribution is 2.20. The predicted octanol–water partition coefficient (Wildman–Crippen LogP) is 2.06. The second kappa shape index (κ2) is 10.1. The molecule has 2 heterocycles. The van der Waals surface area contributed by atoms with E-state index in [0.29, 0.717) is 30.2 Å². The highest BCUT2D eigenvalue weighted by Gasteiger charge is 2.27. The average Bonchev–Trinajstić information content (AvgIpc) is 2.81. The van der Waals surface area contributed by atoms with E-state index in [0.717, 1.165) is 45.9 Å². The quantitative estimate of drug-likeness (QED) is 0.764. The van der Waals surface area contributed by atoms with Gasteiger partial charge < -0.3 is 19.5 Å². The second-order valence-electron chi connectivity index (χ2n) is 8.19. The topological polar surface area (TPSA) is 65.5 Å². The third-order valence-corrected chi connectivity index (χ3v) is 6.02. The van der Waals surface area contributed by atoms with Crippen LogP contribution in [0.15, 0.2) is 48.5 Å². The van der Waals surface area contributed by atoms with Gasteiger partial charge >= 0.3 is 0 Å². The molecule has 31 heavy (non-hydrogen) atoms. The number of nitrogens with zero attached hydrogens (tertiary/aromatic N) is 3. The Labute approximate surface area is 183 Å². The number of ether oxygens (including phenoxy) is 2. The first-order valence-corrected chi connectivity index (χ1v) is 10.9. The van der Waals surface area contributed by atoms with E-state index in [4.69, 9.17) is 9.47 Å². The van der Waals surface area contributed by atoms with E-state index in [1.165, 1.54) is 5.56 Å². The number of morpholine rings is 1. The lowest BCUT2D eigenvalue weighted by atomic mass is 10.1. The molecule has 0 spiro atoms. The van der Waals surface area contributed by atoms with Gasteiger partial charge in [0, 0.05) is 52.4 Å². The van der Waals surface area contributed by atoms with Crippen molar-refractivity contribution in [1.29, 1.82) is 0 Å². The zero-order valence-electron chi connectivity index (χ0n) is 18.1. The van der Waals surface area contributed by atoms with Gasteiger partial charge in [0.15, 0.2) is 0 Å². The summed E-state index contributed by atoms with van der Waals surface area (Å²) in [4.78, 5) is 19.6. The third kappa shape index (κ3) is 5.55. The minimum atomic E-state index is 0.0334. The van der Waals surface area contributed by atoms with Crippen LogP contribution in [-0.4, -0.2) is 91.3 Å². The van der Waals surface area contributed by atoms with Crippen molar-refractivity contribution in [1.82, 2.24) is 14.7 Å². The molecule has 0 aromatic heterocycles. The minimum Gasteiger partial charge on any atom is -0.508 e. The van der Waals surface area contributed by atoms with Crippen LogP contribution >= 0.6 is 0 Å². The summed E-state index contributed by atoms with van der Waals surface area (Å²) in [6.45, 7) is 7.39. The molecule has 2 saturated heterocycles. The number of methoxy groups -OCH3 is 1. The van der Waals surface area contributed by atoms with E-state index in [9.17, 15) is 9.90 Å². The Bertz CT molecular complexity index is 865. The van der Waals surface area contributed by atoms with E-state index < -0.39 is 0 Å². The summed E-state index contributed by atoms with van der Waals surface area (Å²) in [5, 5.41) is 9.46. The van der Waals surface area contributed by atoms with Crippen molar-refractivity contribution in [3.05, 3.63) is 59.7 Å². The van der Waals surface area contributed by atoms with Gasteiger partial charge in [0.2, 0.25) is 0 Å². The van der Waals surface area contributed by atoms with Gasteiger partial charge in [-0.1, -0.05) is 24.3 Å². The molecule has 2 fully saturated rings. The zero-order valence-corrected chi connectivity index (χ0v) is 18.1.